The lowest BCUT2D eigenvalue weighted by Gasteiger charge is -2.41. The number of hydrogen-bond donors (Lipinski definition) is 1. The van der Waals surface area contributed by atoms with Gasteiger partial charge in [0.2, 0.25) is 0 Å². The molecule has 3 rings (SSSR count). The second kappa shape index (κ2) is 7.97. The number of nitrogens with one attached hydrogen (secondary N) is 1. The van der Waals surface area contributed by atoms with Crippen molar-refractivity contribution in [3.8, 4) is 0 Å². The highest BCUT2D eigenvalue weighted by molar-refractivity contribution is 5.75. The molecular formula is C21H33N3O2. The molecule has 1 atom stereocenters. The minimum atomic E-state index is -0.0604. The van der Waals surface area contributed by atoms with Crippen molar-refractivity contribution in [3.63, 3.8) is 0 Å². The first-order valence-corrected chi connectivity index (χ1v) is 9.83. The van der Waals surface area contributed by atoms with Crippen molar-refractivity contribution in [2.75, 3.05) is 39.4 Å². The van der Waals surface area contributed by atoms with Crippen LogP contribution < -0.4 is 5.32 Å². The van der Waals surface area contributed by atoms with Gasteiger partial charge in [0.05, 0.1) is 19.3 Å². The Kier molecular flexibility index (Phi) is 5.88. The van der Waals surface area contributed by atoms with E-state index in [0.29, 0.717) is 6.54 Å². The number of morpholine rings is 1. The van der Waals surface area contributed by atoms with Crippen molar-refractivity contribution in [2.24, 2.45) is 0 Å². The molecule has 1 N–H and O–H groups in total. The van der Waals surface area contributed by atoms with Crippen LogP contribution in [0.3, 0.4) is 0 Å². The summed E-state index contributed by atoms with van der Waals surface area (Å²) in [5.41, 5.74) is 3.79. The average molecular weight is 360 g/mol. The monoisotopic (exact) mass is 359 g/mol. The van der Waals surface area contributed by atoms with Gasteiger partial charge in [-0.3, -0.25) is 4.90 Å². The Balaban J connectivity index is 1.62. The Morgan fingerprint density at radius 2 is 1.92 bits per heavy atom. The molecule has 0 spiro atoms. The van der Waals surface area contributed by atoms with Crippen LogP contribution >= 0.6 is 0 Å². The van der Waals surface area contributed by atoms with Gasteiger partial charge in [0.1, 0.15) is 0 Å². The van der Waals surface area contributed by atoms with Crippen molar-refractivity contribution < 1.29 is 9.53 Å². The summed E-state index contributed by atoms with van der Waals surface area (Å²) in [6.07, 6.45) is 2.11. The fourth-order valence-corrected chi connectivity index (χ4v) is 4.00. The number of nitrogens with zero attached hydrogens (tertiary/aromatic N) is 2. The SMILES string of the molecule is Cc1ccc(C2CCCN2C(=O)NCC(C)(C)N2CCOCC2)cc1C. The second-order valence-electron chi connectivity index (χ2n) is 8.27. The minimum absolute atomic E-state index is 0.0604. The van der Waals surface area contributed by atoms with Crippen LogP contribution in [0.5, 0.6) is 0 Å². The molecule has 0 bridgehead atoms. The molecule has 0 aromatic heterocycles. The maximum Gasteiger partial charge on any atom is 0.317 e. The van der Waals surface area contributed by atoms with E-state index in [1.54, 1.807) is 0 Å². The standard InChI is InChI=1S/C21H33N3O2/c1-16-7-8-18(14-17(16)2)19-6-5-9-24(19)20(25)22-15-21(3,4)23-10-12-26-13-11-23/h7-8,14,19H,5-6,9-13,15H2,1-4H3,(H,22,25). The number of carbonyl (C=O) groups excluding carboxylic acids is 1. The molecule has 2 amide bonds. The predicted molar refractivity (Wildman–Crippen MR) is 104 cm³/mol. The van der Waals surface area contributed by atoms with E-state index in [4.69, 9.17) is 4.74 Å². The molecule has 0 radical (unpaired) electrons. The summed E-state index contributed by atoms with van der Waals surface area (Å²) in [6, 6.07) is 6.84. The van der Waals surface area contributed by atoms with E-state index in [0.717, 1.165) is 45.7 Å². The minimum Gasteiger partial charge on any atom is -0.379 e. The van der Waals surface area contributed by atoms with Crippen LogP contribution in [-0.2, 0) is 4.74 Å². The molecule has 2 heterocycles. The summed E-state index contributed by atoms with van der Waals surface area (Å²) in [4.78, 5) is 17.3. The Labute approximate surface area is 157 Å². The van der Waals surface area contributed by atoms with Crippen LogP contribution in [-0.4, -0.2) is 60.8 Å². The first-order chi connectivity index (χ1) is 12.4. The van der Waals surface area contributed by atoms with Crippen LogP contribution in [0, 0.1) is 13.8 Å². The molecule has 1 unspecified atom stereocenters. The average Bonchev–Trinajstić information content (AvgIpc) is 3.13. The van der Waals surface area contributed by atoms with E-state index in [-0.39, 0.29) is 17.6 Å². The molecule has 26 heavy (non-hydrogen) atoms. The van der Waals surface area contributed by atoms with E-state index in [9.17, 15) is 4.79 Å². The molecule has 1 aromatic rings. The lowest BCUT2D eigenvalue weighted by molar-refractivity contribution is -0.00907. The van der Waals surface area contributed by atoms with Gasteiger partial charge in [-0.1, -0.05) is 18.2 Å². The molecule has 2 aliphatic rings. The smallest absolute Gasteiger partial charge is 0.317 e. The number of likely N-dealkylation sites (tertiary alicyclic amines) is 1. The van der Waals surface area contributed by atoms with Crippen molar-refractivity contribution in [1.82, 2.24) is 15.1 Å². The number of rotatable bonds is 4. The van der Waals surface area contributed by atoms with E-state index in [1.165, 1.54) is 16.7 Å². The number of ether oxygens (including phenoxy) is 1. The summed E-state index contributed by atoms with van der Waals surface area (Å²) < 4.78 is 5.45. The van der Waals surface area contributed by atoms with Crippen molar-refractivity contribution in [3.05, 3.63) is 34.9 Å². The highest BCUT2D eigenvalue weighted by atomic mass is 16.5. The van der Waals surface area contributed by atoms with Gasteiger partial charge in [-0.2, -0.15) is 0 Å². The molecular weight excluding hydrogens is 326 g/mol. The Bertz CT molecular complexity index is 638. The highest BCUT2D eigenvalue weighted by Gasteiger charge is 2.33. The van der Waals surface area contributed by atoms with Crippen LogP contribution in [0.2, 0.25) is 0 Å². The molecule has 5 heteroatoms. The van der Waals surface area contributed by atoms with E-state index in [1.807, 2.05) is 4.90 Å². The number of carbonyl (C=O) groups is 1. The Hall–Kier alpha value is -1.59. The maximum absolute atomic E-state index is 12.9. The summed E-state index contributed by atoms with van der Waals surface area (Å²) in [7, 11) is 0. The van der Waals surface area contributed by atoms with Crippen molar-refractivity contribution >= 4 is 6.03 Å². The normalized spacial score (nSPS) is 21.8. The molecule has 2 saturated heterocycles. The Morgan fingerprint density at radius 3 is 2.62 bits per heavy atom. The third-order valence-electron chi connectivity index (χ3n) is 5.97. The van der Waals surface area contributed by atoms with Crippen molar-refractivity contribution in [1.29, 1.82) is 0 Å². The van der Waals surface area contributed by atoms with Gasteiger partial charge >= 0.3 is 6.03 Å². The van der Waals surface area contributed by atoms with E-state index < -0.39 is 0 Å². The number of hydrogen-bond acceptors (Lipinski definition) is 3. The van der Waals surface area contributed by atoms with Gasteiger partial charge in [-0.15, -0.1) is 0 Å². The van der Waals surface area contributed by atoms with Gasteiger partial charge in [0.25, 0.3) is 0 Å². The molecule has 2 aliphatic heterocycles. The lowest BCUT2D eigenvalue weighted by Crippen LogP contribution is -2.56. The van der Waals surface area contributed by atoms with Gasteiger partial charge in [0, 0.05) is 31.7 Å². The molecule has 0 aliphatic carbocycles. The number of benzene rings is 1. The maximum atomic E-state index is 12.9. The largest absolute Gasteiger partial charge is 0.379 e. The van der Waals surface area contributed by atoms with Gasteiger partial charge in [0.15, 0.2) is 0 Å². The zero-order valence-electron chi connectivity index (χ0n) is 16.7. The highest BCUT2D eigenvalue weighted by Crippen LogP contribution is 2.32. The molecule has 2 fully saturated rings. The van der Waals surface area contributed by atoms with Crippen LogP contribution in [0.15, 0.2) is 18.2 Å². The van der Waals surface area contributed by atoms with Crippen molar-refractivity contribution in [2.45, 2.75) is 52.1 Å². The molecule has 0 saturated carbocycles. The number of urea groups is 1. The first-order valence-electron chi connectivity index (χ1n) is 9.83. The topological polar surface area (TPSA) is 44.8 Å². The molecule has 144 valence electrons. The molecule has 5 nitrogen and oxygen atoms in total. The number of amides is 2. The van der Waals surface area contributed by atoms with Gasteiger partial charge < -0.3 is 15.0 Å². The second-order valence-corrected chi connectivity index (χ2v) is 8.27. The summed E-state index contributed by atoms with van der Waals surface area (Å²) in [5, 5.41) is 3.19. The van der Waals surface area contributed by atoms with Crippen LogP contribution in [0.4, 0.5) is 4.79 Å². The number of aryl methyl sites for hydroxylation is 2. The van der Waals surface area contributed by atoms with Crippen LogP contribution in [0.1, 0.15) is 49.4 Å². The van der Waals surface area contributed by atoms with E-state index >= 15 is 0 Å². The lowest BCUT2D eigenvalue weighted by atomic mass is 9.99. The molecule has 1 aromatic carbocycles. The predicted octanol–water partition coefficient (Wildman–Crippen LogP) is 3.26. The third-order valence-corrected chi connectivity index (χ3v) is 5.97. The first kappa shape index (κ1) is 19.2. The third kappa shape index (κ3) is 4.21. The quantitative estimate of drug-likeness (QED) is 0.897. The zero-order chi connectivity index (χ0) is 18.7. The summed E-state index contributed by atoms with van der Waals surface area (Å²) >= 11 is 0. The zero-order valence-corrected chi connectivity index (χ0v) is 16.7. The summed E-state index contributed by atoms with van der Waals surface area (Å²) in [6.45, 7) is 13.6. The van der Waals surface area contributed by atoms with Gasteiger partial charge in [-0.25, -0.2) is 4.79 Å². The fourth-order valence-electron chi connectivity index (χ4n) is 4.00. The summed E-state index contributed by atoms with van der Waals surface area (Å²) in [5.74, 6) is 0. The fraction of sp³-hybridized carbons (Fsp3) is 0.667. The van der Waals surface area contributed by atoms with E-state index in [2.05, 4.69) is 56.1 Å². The van der Waals surface area contributed by atoms with Crippen LogP contribution in [0.25, 0.3) is 0 Å². The van der Waals surface area contributed by atoms with Gasteiger partial charge in [-0.05, 0) is 57.2 Å². The Morgan fingerprint density at radius 1 is 1.19 bits per heavy atom.